The van der Waals surface area contributed by atoms with Gasteiger partial charge in [0.1, 0.15) is 11.4 Å². The first-order chi connectivity index (χ1) is 12.3. The molecule has 136 valence electrons. The summed E-state index contributed by atoms with van der Waals surface area (Å²) in [7, 11) is 1.42. The molecule has 1 aromatic carbocycles. The number of benzene rings is 1. The van der Waals surface area contributed by atoms with Gasteiger partial charge in [0.2, 0.25) is 0 Å². The number of aliphatic hydroxyl groups is 1. The second-order valence-corrected chi connectivity index (χ2v) is 5.60. The van der Waals surface area contributed by atoms with E-state index in [1.807, 2.05) is 0 Å². The van der Waals surface area contributed by atoms with Crippen LogP contribution in [0.25, 0.3) is 0 Å². The molecule has 3 rings (SSSR count). The van der Waals surface area contributed by atoms with Crippen molar-refractivity contribution in [2.75, 3.05) is 7.11 Å². The number of aromatic nitrogens is 1. The van der Waals surface area contributed by atoms with E-state index in [2.05, 4.69) is 10.1 Å². The van der Waals surface area contributed by atoms with Crippen molar-refractivity contribution in [1.82, 2.24) is 9.99 Å². The van der Waals surface area contributed by atoms with Crippen LogP contribution in [0.2, 0.25) is 0 Å². The van der Waals surface area contributed by atoms with Gasteiger partial charge in [-0.1, -0.05) is 18.2 Å². The van der Waals surface area contributed by atoms with Crippen LogP contribution in [-0.4, -0.2) is 45.7 Å². The summed E-state index contributed by atoms with van der Waals surface area (Å²) in [6.45, 7) is 0. The zero-order valence-corrected chi connectivity index (χ0v) is 13.6. The van der Waals surface area contributed by atoms with E-state index in [9.17, 15) is 23.1 Å². The maximum Gasteiger partial charge on any atom is 0.438 e. The van der Waals surface area contributed by atoms with E-state index < -0.39 is 24.2 Å². The number of carbonyl (C=O) groups is 1. The van der Waals surface area contributed by atoms with Crippen LogP contribution in [0.1, 0.15) is 22.5 Å². The zero-order valence-electron chi connectivity index (χ0n) is 13.6. The molecule has 2 aromatic rings. The molecule has 0 fully saturated rings. The Morgan fingerprint density at radius 2 is 2.04 bits per heavy atom. The number of nitrogens with zero attached hydrogens (tertiary/aromatic N) is 3. The van der Waals surface area contributed by atoms with Gasteiger partial charge in [-0.05, 0) is 24.3 Å². The molecule has 0 spiro atoms. The third-order valence-corrected chi connectivity index (χ3v) is 3.92. The minimum atomic E-state index is -5.11. The van der Waals surface area contributed by atoms with Crippen molar-refractivity contribution >= 4 is 11.6 Å². The molecule has 0 saturated carbocycles. The number of rotatable bonds is 3. The molecule has 26 heavy (non-hydrogen) atoms. The Bertz CT molecular complexity index is 855. The summed E-state index contributed by atoms with van der Waals surface area (Å²) in [5.41, 5.74) is -3.50. The molecular formula is C17H14F3N3O3. The highest BCUT2D eigenvalue weighted by atomic mass is 19.4. The smallest absolute Gasteiger partial charge is 0.438 e. The summed E-state index contributed by atoms with van der Waals surface area (Å²) >= 11 is 0. The van der Waals surface area contributed by atoms with Crippen molar-refractivity contribution in [3.05, 3.63) is 59.9 Å². The molecule has 1 aromatic heterocycles. The van der Waals surface area contributed by atoms with Crippen LogP contribution in [0.4, 0.5) is 13.2 Å². The lowest BCUT2D eigenvalue weighted by atomic mass is 10.0. The normalized spacial score (nSPS) is 20.0. The third-order valence-electron chi connectivity index (χ3n) is 3.92. The Labute approximate surface area is 146 Å². The van der Waals surface area contributed by atoms with Crippen LogP contribution in [0.3, 0.4) is 0 Å². The zero-order chi connectivity index (χ0) is 18.9. The van der Waals surface area contributed by atoms with Crippen LogP contribution < -0.4 is 4.74 Å². The SMILES string of the molecule is COc1cccc(C2=NN(C(=O)c3ccccn3)[C@@](O)(C(F)(F)F)C2)c1. The quantitative estimate of drug-likeness (QED) is 0.907. The van der Waals surface area contributed by atoms with Crippen LogP contribution in [0.15, 0.2) is 53.8 Å². The summed E-state index contributed by atoms with van der Waals surface area (Å²) in [4.78, 5) is 16.2. The average molecular weight is 365 g/mol. The molecule has 9 heteroatoms. The number of hydrogen-bond donors (Lipinski definition) is 1. The summed E-state index contributed by atoms with van der Waals surface area (Å²) in [6.07, 6.45) is -4.74. The topological polar surface area (TPSA) is 75.0 Å². The molecule has 0 unspecified atom stereocenters. The summed E-state index contributed by atoms with van der Waals surface area (Å²) < 4.78 is 45.7. The molecule has 2 heterocycles. The number of hydrazone groups is 1. The van der Waals surface area contributed by atoms with Crippen LogP contribution in [-0.2, 0) is 0 Å². The number of hydrogen-bond acceptors (Lipinski definition) is 5. The number of alkyl halides is 3. The standard InChI is InChI=1S/C17H14F3N3O3/c1-26-12-6-4-5-11(9-12)14-10-16(25,17(18,19)20)23(22-14)15(24)13-7-2-3-8-21-13/h2-9,25H,10H2,1H3/t16-/m0/s1. The van der Waals surface area contributed by atoms with Gasteiger partial charge in [-0.2, -0.15) is 23.3 Å². The Balaban J connectivity index is 2.05. The molecular weight excluding hydrogens is 351 g/mol. The van der Waals surface area contributed by atoms with E-state index in [1.165, 1.54) is 43.6 Å². The number of amides is 1. The van der Waals surface area contributed by atoms with E-state index in [-0.39, 0.29) is 16.4 Å². The largest absolute Gasteiger partial charge is 0.497 e. The van der Waals surface area contributed by atoms with Crippen molar-refractivity contribution in [2.24, 2.45) is 5.10 Å². The molecule has 1 atom stereocenters. The fourth-order valence-corrected chi connectivity index (χ4v) is 2.54. The van der Waals surface area contributed by atoms with Crippen molar-refractivity contribution in [3.63, 3.8) is 0 Å². The van der Waals surface area contributed by atoms with E-state index in [1.54, 1.807) is 12.1 Å². The highest BCUT2D eigenvalue weighted by Crippen LogP contribution is 2.42. The fraction of sp³-hybridized carbons (Fsp3) is 0.235. The molecule has 6 nitrogen and oxygen atoms in total. The van der Waals surface area contributed by atoms with Gasteiger partial charge in [0.15, 0.2) is 0 Å². The Morgan fingerprint density at radius 3 is 2.65 bits per heavy atom. The average Bonchev–Trinajstić information content (AvgIpc) is 3.01. The highest BCUT2D eigenvalue weighted by molar-refractivity contribution is 6.05. The number of pyridine rings is 1. The van der Waals surface area contributed by atoms with Crippen molar-refractivity contribution in [3.8, 4) is 5.75 Å². The second-order valence-electron chi connectivity index (χ2n) is 5.60. The number of halogens is 3. The fourth-order valence-electron chi connectivity index (χ4n) is 2.54. The van der Waals surface area contributed by atoms with Gasteiger partial charge in [0.05, 0.1) is 19.2 Å². The van der Waals surface area contributed by atoms with Crippen molar-refractivity contribution in [2.45, 2.75) is 18.3 Å². The maximum absolute atomic E-state index is 13.5. The highest BCUT2D eigenvalue weighted by Gasteiger charge is 2.63. The molecule has 1 aliphatic rings. The first-order valence-corrected chi connectivity index (χ1v) is 7.53. The molecule has 1 N–H and O–H groups in total. The summed E-state index contributed by atoms with van der Waals surface area (Å²) in [5, 5.41) is 14.1. The van der Waals surface area contributed by atoms with E-state index in [4.69, 9.17) is 4.74 Å². The molecule has 0 saturated heterocycles. The van der Waals surface area contributed by atoms with Gasteiger partial charge in [0.25, 0.3) is 11.6 Å². The van der Waals surface area contributed by atoms with E-state index in [0.29, 0.717) is 11.3 Å². The van der Waals surface area contributed by atoms with Gasteiger partial charge >= 0.3 is 6.18 Å². The van der Waals surface area contributed by atoms with E-state index in [0.717, 1.165) is 0 Å². The summed E-state index contributed by atoms with van der Waals surface area (Å²) in [6, 6.07) is 10.4. The lowest BCUT2D eigenvalue weighted by Crippen LogP contribution is -2.56. The predicted molar refractivity (Wildman–Crippen MR) is 85.6 cm³/mol. The molecule has 1 amide bonds. The minimum absolute atomic E-state index is 0.0458. The van der Waals surface area contributed by atoms with Crippen molar-refractivity contribution < 1.29 is 27.8 Å². The van der Waals surface area contributed by atoms with Crippen LogP contribution in [0.5, 0.6) is 5.75 Å². The lowest BCUT2D eigenvalue weighted by molar-refractivity contribution is -0.297. The van der Waals surface area contributed by atoms with Gasteiger partial charge in [-0.25, -0.2) is 0 Å². The molecule has 1 aliphatic heterocycles. The molecule has 0 bridgehead atoms. The van der Waals surface area contributed by atoms with Crippen LogP contribution in [0, 0.1) is 0 Å². The lowest BCUT2D eigenvalue weighted by Gasteiger charge is -2.32. The number of ether oxygens (including phenoxy) is 1. The van der Waals surface area contributed by atoms with Gasteiger partial charge in [-0.3, -0.25) is 9.78 Å². The van der Waals surface area contributed by atoms with E-state index >= 15 is 0 Å². The van der Waals surface area contributed by atoms with Gasteiger partial charge in [-0.15, -0.1) is 0 Å². The maximum atomic E-state index is 13.5. The molecule has 0 radical (unpaired) electrons. The first-order valence-electron chi connectivity index (χ1n) is 7.53. The predicted octanol–water partition coefficient (Wildman–Crippen LogP) is 2.59. The Hall–Kier alpha value is -2.94. The summed E-state index contributed by atoms with van der Waals surface area (Å²) in [5.74, 6) is -0.737. The molecule has 0 aliphatic carbocycles. The van der Waals surface area contributed by atoms with Gasteiger partial charge in [0, 0.05) is 11.8 Å². The number of methoxy groups -OCH3 is 1. The monoisotopic (exact) mass is 365 g/mol. The third kappa shape index (κ3) is 3.01. The first kappa shape index (κ1) is 17.9. The minimum Gasteiger partial charge on any atom is -0.497 e. The Morgan fingerprint density at radius 1 is 1.27 bits per heavy atom. The van der Waals surface area contributed by atoms with Crippen LogP contribution >= 0.6 is 0 Å². The van der Waals surface area contributed by atoms with Crippen molar-refractivity contribution in [1.29, 1.82) is 0 Å². The second kappa shape index (κ2) is 6.41. The van der Waals surface area contributed by atoms with Gasteiger partial charge < -0.3 is 9.84 Å². The Kier molecular flexibility index (Phi) is 4.41. The number of carbonyl (C=O) groups excluding carboxylic acids is 1.